The lowest BCUT2D eigenvalue weighted by atomic mass is 9.49. The summed E-state index contributed by atoms with van der Waals surface area (Å²) in [5.74, 6) is 2.19. The van der Waals surface area contributed by atoms with E-state index in [-0.39, 0.29) is 30.0 Å². The standard InChI is InChI=1S/C20H30F3NO4S/c21-20(22,23)29(26,27)24-6-5-13-1-3-17(4-2-13)28-18(25)19-10-14-7-15(11-19)9-16(8-14)12-19/h13-17,24H,1-12H2. The molecule has 29 heavy (non-hydrogen) atoms. The zero-order chi connectivity index (χ0) is 20.9. The van der Waals surface area contributed by atoms with Gasteiger partial charge in [-0.25, -0.2) is 13.1 Å². The van der Waals surface area contributed by atoms with Crippen molar-refractivity contribution in [2.24, 2.45) is 29.1 Å². The van der Waals surface area contributed by atoms with E-state index in [2.05, 4.69) is 0 Å². The highest BCUT2D eigenvalue weighted by atomic mass is 32.2. The second-order valence-electron chi connectivity index (χ2n) is 9.88. The van der Waals surface area contributed by atoms with Crippen LogP contribution in [0.5, 0.6) is 0 Å². The van der Waals surface area contributed by atoms with Crippen molar-refractivity contribution in [1.29, 1.82) is 0 Å². The third kappa shape index (κ3) is 4.45. The van der Waals surface area contributed by atoms with Crippen molar-refractivity contribution in [1.82, 2.24) is 4.72 Å². The molecule has 0 heterocycles. The number of alkyl halides is 3. The summed E-state index contributed by atoms with van der Waals surface area (Å²) in [5.41, 5.74) is -5.53. The Morgan fingerprint density at radius 1 is 0.966 bits per heavy atom. The van der Waals surface area contributed by atoms with Crippen molar-refractivity contribution in [2.75, 3.05) is 6.54 Å². The van der Waals surface area contributed by atoms with Gasteiger partial charge >= 0.3 is 21.5 Å². The SMILES string of the molecule is O=C(OC1CCC(CCNS(=O)(=O)C(F)(F)F)CC1)C12CC3CC(CC(C3)C1)C2. The Kier molecular flexibility index (Phi) is 5.68. The first-order chi connectivity index (χ1) is 13.6. The number of hydrogen-bond donors (Lipinski definition) is 1. The number of nitrogens with one attached hydrogen (secondary N) is 1. The number of rotatable bonds is 6. The molecule has 5 rings (SSSR count). The molecule has 9 heteroatoms. The number of esters is 1. The third-order valence-electron chi connectivity index (χ3n) is 7.69. The highest BCUT2D eigenvalue weighted by Gasteiger charge is 2.55. The highest BCUT2D eigenvalue weighted by molar-refractivity contribution is 7.90. The minimum absolute atomic E-state index is 0.0158. The van der Waals surface area contributed by atoms with Gasteiger partial charge in [0.25, 0.3) is 0 Å². The summed E-state index contributed by atoms with van der Waals surface area (Å²) >= 11 is 0. The fraction of sp³-hybridized carbons (Fsp3) is 0.950. The summed E-state index contributed by atoms with van der Waals surface area (Å²) in [6, 6.07) is 0. The van der Waals surface area contributed by atoms with Crippen LogP contribution in [0.1, 0.15) is 70.6 Å². The average Bonchev–Trinajstić information content (AvgIpc) is 2.61. The van der Waals surface area contributed by atoms with Crippen LogP contribution in [0.4, 0.5) is 13.2 Å². The minimum atomic E-state index is -5.27. The highest BCUT2D eigenvalue weighted by Crippen LogP contribution is 2.60. The molecule has 0 unspecified atom stereocenters. The van der Waals surface area contributed by atoms with E-state index in [0.29, 0.717) is 37.0 Å². The van der Waals surface area contributed by atoms with Gasteiger partial charge in [-0.2, -0.15) is 13.2 Å². The molecule has 0 radical (unpaired) electrons. The van der Waals surface area contributed by atoms with Gasteiger partial charge in [0, 0.05) is 6.54 Å². The van der Waals surface area contributed by atoms with Crippen LogP contribution in [0.3, 0.4) is 0 Å². The van der Waals surface area contributed by atoms with Crippen LogP contribution in [0.25, 0.3) is 0 Å². The lowest BCUT2D eigenvalue weighted by Gasteiger charge is -2.55. The molecule has 0 aromatic rings. The monoisotopic (exact) mass is 437 g/mol. The Morgan fingerprint density at radius 3 is 1.97 bits per heavy atom. The molecule has 0 aromatic carbocycles. The predicted octanol–water partition coefficient (Wildman–Crippen LogP) is 4.13. The van der Waals surface area contributed by atoms with Gasteiger partial charge in [0.15, 0.2) is 0 Å². The molecular weight excluding hydrogens is 407 g/mol. The molecule has 1 N–H and O–H groups in total. The summed E-state index contributed by atoms with van der Waals surface area (Å²) in [7, 11) is -5.27. The van der Waals surface area contributed by atoms with Crippen molar-refractivity contribution < 1.29 is 31.1 Å². The van der Waals surface area contributed by atoms with Crippen LogP contribution in [-0.2, 0) is 19.6 Å². The summed E-state index contributed by atoms with van der Waals surface area (Å²) in [4.78, 5) is 13.0. The van der Waals surface area contributed by atoms with Crippen molar-refractivity contribution in [3.8, 4) is 0 Å². The van der Waals surface area contributed by atoms with Gasteiger partial charge in [-0.3, -0.25) is 4.79 Å². The number of carbonyl (C=O) groups is 1. The molecule has 0 amide bonds. The summed E-state index contributed by atoms with van der Waals surface area (Å²) in [5, 5.41) is 0. The molecule has 0 atom stereocenters. The Hall–Kier alpha value is -0.830. The smallest absolute Gasteiger partial charge is 0.462 e. The first-order valence-electron chi connectivity index (χ1n) is 10.8. The van der Waals surface area contributed by atoms with Crippen LogP contribution in [0.15, 0.2) is 0 Å². The van der Waals surface area contributed by atoms with Crippen LogP contribution in [0, 0.1) is 29.1 Å². The molecule has 0 saturated heterocycles. The lowest BCUT2D eigenvalue weighted by molar-refractivity contribution is -0.178. The normalized spacial score (nSPS) is 39.5. The fourth-order valence-electron chi connectivity index (χ4n) is 6.65. The van der Waals surface area contributed by atoms with E-state index >= 15 is 0 Å². The van der Waals surface area contributed by atoms with E-state index in [1.165, 1.54) is 19.3 Å². The molecule has 0 spiro atoms. The van der Waals surface area contributed by atoms with Gasteiger partial charge in [-0.15, -0.1) is 0 Å². The van der Waals surface area contributed by atoms with Gasteiger partial charge in [-0.1, -0.05) is 0 Å². The molecule has 0 aliphatic heterocycles. The minimum Gasteiger partial charge on any atom is -0.462 e. The van der Waals surface area contributed by atoms with E-state index in [4.69, 9.17) is 4.74 Å². The van der Waals surface area contributed by atoms with Crippen LogP contribution in [0.2, 0.25) is 0 Å². The zero-order valence-electron chi connectivity index (χ0n) is 16.5. The quantitative estimate of drug-likeness (QED) is 0.634. The second kappa shape index (κ2) is 7.70. The van der Waals surface area contributed by atoms with E-state index in [9.17, 15) is 26.4 Å². The van der Waals surface area contributed by atoms with Crippen molar-refractivity contribution >= 4 is 16.0 Å². The molecule has 0 aromatic heterocycles. The molecule has 166 valence electrons. The fourth-order valence-corrected chi connectivity index (χ4v) is 7.20. The number of halogens is 3. The van der Waals surface area contributed by atoms with Gasteiger partial charge in [0.1, 0.15) is 6.10 Å². The summed E-state index contributed by atoms with van der Waals surface area (Å²) in [6.45, 7) is -0.218. The van der Waals surface area contributed by atoms with E-state index in [0.717, 1.165) is 32.1 Å². The van der Waals surface area contributed by atoms with Gasteiger partial charge in [0.2, 0.25) is 0 Å². The van der Waals surface area contributed by atoms with Crippen molar-refractivity contribution in [3.63, 3.8) is 0 Å². The first kappa shape index (κ1) is 21.4. The largest absolute Gasteiger partial charge is 0.511 e. The van der Waals surface area contributed by atoms with E-state index in [1.807, 2.05) is 0 Å². The third-order valence-corrected chi connectivity index (χ3v) is 8.88. The molecule has 5 aliphatic rings. The maximum Gasteiger partial charge on any atom is 0.511 e. The maximum atomic E-state index is 13.0. The predicted molar refractivity (Wildman–Crippen MR) is 100 cm³/mol. The molecular formula is C20H30F3NO4S. The Bertz CT molecular complexity index is 693. The van der Waals surface area contributed by atoms with Gasteiger partial charge < -0.3 is 4.74 Å². The zero-order valence-corrected chi connectivity index (χ0v) is 17.4. The molecule has 5 aliphatic carbocycles. The van der Waals surface area contributed by atoms with Crippen LogP contribution < -0.4 is 4.72 Å². The topological polar surface area (TPSA) is 72.5 Å². The molecule has 5 nitrogen and oxygen atoms in total. The number of sulfonamides is 1. The average molecular weight is 438 g/mol. The second-order valence-corrected chi connectivity index (χ2v) is 11.6. The molecule has 5 fully saturated rings. The number of carbonyl (C=O) groups excluding carboxylic acids is 1. The van der Waals surface area contributed by atoms with Crippen molar-refractivity contribution in [2.45, 2.75) is 82.2 Å². The maximum absolute atomic E-state index is 13.0. The van der Waals surface area contributed by atoms with Crippen LogP contribution >= 0.6 is 0 Å². The van der Waals surface area contributed by atoms with Crippen molar-refractivity contribution in [3.05, 3.63) is 0 Å². The van der Waals surface area contributed by atoms with Gasteiger partial charge in [0.05, 0.1) is 5.41 Å². The Labute approximate surface area is 170 Å². The number of hydrogen-bond acceptors (Lipinski definition) is 4. The van der Waals surface area contributed by atoms with E-state index < -0.39 is 15.5 Å². The Morgan fingerprint density at radius 2 is 1.48 bits per heavy atom. The first-order valence-corrected chi connectivity index (χ1v) is 12.3. The lowest BCUT2D eigenvalue weighted by Crippen LogP contribution is -2.51. The summed E-state index contributed by atoms with van der Waals surface area (Å²) < 4.78 is 66.7. The van der Waals surface area contributed by atoms with Crippen LogP contribution in [-0.4, -0.2) is 32.5 Å². The number of ether oxygens (including phenoxy) is 1. The molecule has 5 saturated carbocycles. The van der Waals surface area contributed by atoms with Gasteiger partial charge in [-0.05, 0) is 94.3 Å². The Balaban J connectivity index is 1.21. The summed E-state index contributed by atoms with van der Waals surface area (Å²) in [6.07, 6.45) is 9.90. The van der Waals surface area contributed by atoms with E-state index in [1.54, 1.807) is 4.72 Å². The molecule has 4 bridgehead atoms.